The number of ether oxygens (including phenoxy) is 3. The summed E-state index contributed by atoms with van der Waals surface area (Å²) in [5, 5.41) is 5.24. The van der Waals surface area contributed by atoms with Crippen LogP contribution >= 0.6 is 23.2 Å². The fourth-order valence-corrected chi connectivity index (χ4v) is 3.21. The lowest BCUT2D eigenvalue weighted by molar-refractivity contribution is 0.0954. The van der Waals surface area contributed by atoms with Crippen molar-refractivity contribution in [3.63, 3.8) is 0 Å². The predicted molar refractivity (Wildman–Crippen MR) is 136 cm³/mol. The zero-order valence-corrected chi connectivity index (χ0v) is 20.1. The first kappa shape index (κ1) is 25.1. The molecule has 0 atom stereocenters. The van der Waals surface area contributed by atoms with Crippen molar-refractivity contribution in [2.24, 2.45) is 5.10 Å². The van der Waals surface area contributed by atoms with Crippen LogP contribution in [0.1, 0.15) is 28.4 Å². The number of carbonyl (C=O) groups is 1. The van der Waals surface area contributed by atoms with Gasteiger partial charge in [-0.3, -0.25) is 4.79 Å². The highest BCUT2D eigenvalue weighted by Gasteiger charge is 2.11. The number of amides is 1. The maximum absolute atomic E-state index is 12.6. The predicted octanol–water partition coefficient (Wildman–Crippen LogP) is 6.30. The smallest absolute Gasteiger partial charge is 0.271 e. The van der Waals surface area contributed by atoms with E-state index in [4.69, 9.17) is 37.4 Å². The van der Waals surface area contributed by atoms with Gasteiger partial charge in [0.1, 0.15) is 19.0 Å². The lowest BCUT2D eigenvalue weighted by Gasteiger charge is -2.12. The summed E-state index contributed by atoms with van der Waals surface area (Å²) in [4.78, 5) is 12.6. The average Bonchev–Trinajstić information content (AvgIpc) is 2.84. The minimum absolute atomic E-state index is 0.331. The van der Waals surface area contributed by atoms with E-state index < -0.39 is 5.91 Å². The first-order chi connectivity index (χ1) is 16.5. The highest BCUT2D eigenvalue weighted by atomic mass is 35.5. The molecule has 0 unspecified atom stereocenters. The van der Waals surface area contributed by atoms with Crippen molar-refractivity contribution in [3.8, 4) is 17.2 Å². The second-order valence-electron chi connectivity index (χ2n) is 6.99. The fraction of sp³-hybridized carbons (Fsp3) is 0.154. The van der Waals surface area contributed by atoms with Gasteiger partial charge in [-0.15, -0.1) is 0 Å². The van der Waals surface area contributed by atoms with Gasteiger partial charge in [0.05, 0.1) is 12.8 Å². The summed E-state index contributed by atoms with van der Waals surface area (Å²) in [6.07, 6.45) is 3.11. The molecule has 0 saturated heterocycles. The second-order valence-corrected chi connectivity index (χ2v) is 7.86. The maximum atomic E-state index is 12.6. The minimum atomic E-state index is -0.405. The number of nitrogens with one attached hydrogen (secondary N) is 1. The number of rotatable bonds is 11. The number of carbonyl (C=O) groups excluding carboxylic acids is 1. The van der Waals surface area contributed by atoms with Crippen molar-refractivity contribution < 1.29 is 19.0 Å². The summed E-state index contributed by atoms with van der Waals surface area (Å²) >= 11 is 12.1. The zero-order valence-electron chi connectivity index (χ0n) is 18.6. The monoisotopic (exact) mass is 498 g/mol. The molecule has 3 rings (SSSR count). The Balaban J connectivity index is 1.68. The normalized spacial score (nSPS) is 10.7. The Bertz CT molecular complexity index is 1160. The third-order valence-electron chi connectivity index (χ3n) is 4.51. The van der Waals surface area contributed by atoms with Crippen LogP contribution in [0.25, 0.3) is 0 Å². The van der Waals surface area contributed by atoms with Crippen molar-refractivity contribution in [1.82, 2.24) is 5.43 Å². The Labute approximate surface area is 208 Å². The van der Waals surface area contributed by atoms with Crippen molar-refractivity contribution in [1.29, 1.82) is 0 Å². The van der Waals surface area contributed by atoms with Crippen LogP contribution in [0.5, 0.6) is 17.2 Å². The van der Waals surface area contributed by atoms with Gasteiger partial charge in [-0.1, -0.05) is 48.0 Å². The van der Waals surface area contributed by atoms with Crippen LogP contribution in [-0.2, 0) is 6.61 Å². The number of halogens is 2. The topological polar surface area (TPSA) is 69.2 Å². The van der Waals surface area contributed by atoms with Gasteiger partial charge < -0.3 is 14.2 Å². The lowest BCUT2D eigenvalue weighted by atomic mass is 10.2. The fourth-order valence-electron chi connectivity index (χ4n) is 2.90. The molecule has 6 nitrogen and oxygen atoms in total. The maximum Gasteiger partial charge on any atom is 0.271 e. The van der Waals surface area contributed by atoms with E-state index in [0.717, 1.165) is 5.56 Å². The number of hydrogen-bond donors (Lipinski definition) is 1. The van der Waals surface area contributed by atoms with Crippen molar-refractivity contribution in [2.75, 3.05) is 13.2 Å². The van der Waals surface area contributed by atoms with E-state index in [9.17, 15) is 4.79 Å². The van der Waals surface area contributed by atoms with Crippen LogP contribution in [0, 0.1) is 0 Å². The molecule has 0 aliphatic rings. The van der Waals surface area contributed by atoms with Crippen LogP contribution in [0.15, 0.2) is 78.4 Å². The van der Waals surface area contributed by atoms with E-state index in [1.807, 2.05) is 19.1 Å². The van der Waals surface area contributed by atoms with Gasteiger partial charge in [0.25, 0.3) is 5.91 Å². The third kappa shape index (κ3) is 7.27. The molecular formula is C26H24Cl2N2O4. The first-order valence-electron chi connectivity index (χ1n) is 10.5. The summed E-state index contributed by atoms with van der Waals surface area (Å²) in [7, 11) is 0. The molecule has 0 radical (unpaired) electrons. The highest BCUT2D eigenvalue weighted by Crippen LogP contribution is 2.28. The van der Waals surface area contributed by atoms with Crippen LogP contribution in [-0.4, -0.2) is 25.3 Å². The molecule has 0 spiro atoms. The number of nitrogens with zero attached hydrogens (tertiary/aromatic N) is 1. The van der Waals surface area contributed by atoms with Crippen LogP contribution < -0.4 is 19.6 Å². The van der Waals surface area contributed by atoms with E-state index in [-0.39, 0.29) is 0 Å². The van der Waals surface area contributed by atoms with Crippen LogP contribution in [0.4, 0.5) is 0 Å². The first-order valence-corrected chi connectivity index (χ1v) is 11.3. The molecular weight excluding hydrogens is 475 g/mol. The molecule has 3 aromatic carbocycles. The van der Waals surface area contributed by atoms with Crippen molar-refractivity contribution >= 4 is 35.3 Å². The lowest BCUT2D eigenvalue weighted by Crippen LogP contribution is -2.18. The minimum Gasteiger partial charge on any atom is -0.490 e. The summed E-state index contributed by atoms with van der Waals surface area (Å²) in [6.45, 7) is 6.59. The summed E-state index contributed by atoms with van der Waals surface area (Å²) in [5.74, 6) is 1.16. The Morgan fingerprint density at radius 2 is 1.68 bits per heavy atom. The molecule has 1 N–H and O–H groups in total. The van der Waals surface area contributed by atoms with E-state index in [1.54, 1.807) is 54.6 Å². The van der Waals surface area contributed by atoms with Crippen LogP contribution in [0.3, 0.4) is 0 Å². The van der Waals surface area contributed by atoms with E-state index in [1.165, 1.54) is 6.21 Å². The summed E-state index contributed by atoms with van der Waals surface area (Å²) in [5.41, 5.74) is 4.46. The van der Waals surface area contributed by atoms with Gasteiger partial charge in [-0.25, -0.2) is 5.43 Å². The van der Waals surface area contributed by atoms with Gasteiger partial charge in [-0.05, 0) is 61.0 Å². The zero-order chi connectivity index (χ0) is 24.3. The number of hydrogen-bond acceptors (Lipinski definition) is 5. The van der Waals surface area contributed by atoms with Gasteiger partial charge in [-0.2, -0.15) is 5.10 Å². The van der Waals surface area contributed by atoms with E-state index >= 15 is 0 Å². The van der Waals surface area contributed by atoms with E-state index in [0.29, 0.717) is 58.2 Å². The van der Waals surface area contributed by atoms with Gasteiger partial charge in [0, 0.05) is 21.2 Å². The number of benzene rings is 3. The molecule has 0 fully saturated rings. The van der Waals surface area contributed by atoms with Gasteiger partial charge in [0.2, 0.25) is 0 Å². The second kappa shape index (κ2) is 12.7. The number of hydrazone groups is 1. The molecule has 34 heavy (non-hydrogen) atoms. The van der Waals surface area contributed by atoms with Gasteiger partial charge in [0.15, 0.2) is 11.5 Å². The molecule has 0 aliphatic carbocycles. The highest BCUT2D eigenvalue weighted by molar-refractivity contribution is 6.31. The molecule has 0 heterocycles. The molecule has 0 bridgehead atoms. The van der Waals surface area contributed by atoms with E-state index in [2.05, 4.69) is 17.1 Å². The van der Waals surface area contributed by atoms with Crippen LogP contribution in [0.2, 0.25) is 10.0 Å². The summed E-state index contributed by atoms with van der Waals surface area (Å²) in [6, 6.07) is 17.5. The largest absolute Gasteiger partial charge is 0.490 e. The van der Waals surface area contributed by atoms with Crippen molar-refractivity contribution in [2.45, 2.75) is 13.5 Å². The molecule has 176 valence electrons. The SMILES string of the molecule is C=CCOc1ccc(C(=O)N/N=C/c2cc(Cl)ccc2OCc2ccc(Cl)cc2)cc1OCC. The average molecular weight is 499 g/mol. The molecule has 1 amide bonds. The Morgan fingerprint density at radius 3 is 2.41 bits per heavy atom. The van der Waals surface area contributed by atoms with Crippen molar-refractivity contribution in [3.05, 3.63) is 100 Å². The Morgan fingerprint density at radius 1 is 0.941 bits per heavy atom. The molecule has 0 aromatic heterocycles. The molecule has 3 aromatic rings. The molecule has 0 aliphatic heterocycles. The quantitative estimate of drug-likeness (QED) is 0.191. The van der Waals surface area contributed by atoms with Gasteiger partial charge >= 0.3 is 0 Å². The summed E-state index contributed by atoms with van der Waals surface area (Å²) < 4.78 is 17.0. The third-order valence-corrected chi connectivity index (χ3v) is 5.00. The molecule has 8 heteroatoms. The standard InChI is InChI=1S/C26H24Cl2N2O4/c1-3-13-33-24-11-7-19(15-25(24)32-4-2)26(31)30-29-16-20-14-22(28)10-12-23(20)34-17-18-5-8-21(27)9-6-18/h3,5-12,14-16H,1,4,13,17H2,2H3,(H,30,31)/b29-16+. The Hall–Kier alpha value is -3.48. The molecule has 0 saturated carbocycles. The Kier molecular flexibility index (Phi) is 9.38.